The summed E-state index contributed by atoms with van der Waals surface area (Å²) in [7, 11) is 2.05. The molecule has 1 saturated heterocycles. The van der Waals surface area contributed by atoms with Crippen LogP contribution in [0.15, 0.2) is 30.3 Å². The molecule has 2 unspecified atom stereocenters. The summed E-state index contributed by atoms with van der Waals surface area (Å²) in [6.07, 6.45) is 1.45. The first kappa shape index (κ1) is 15.5. The monoisotopic (exact) mass is 276 g/mol. The first-order chi connectivity index (χ1) is 9.50. The number of rotatable bonds is 5. The van der Waals surface area contributed by atoms with Crippen LogP contribution in [0.1, 0.15) is 38.8 Å². The molecule has 0 amide bonds. The molecule has 0 spiro atoms. The van der Waals surface area contributed by atoms with Crippen molar-refractivity contribution in [3.8, 4) is 0 Å². The Kier molecular flexibility index (Phi) is 5.19. The molecule has 0 bridgehead atoms. The molecule has 0 saturated carbocycles. The van der Waals surface area contributed by atoms with Gasteiger partial charge in [-0.05, 0) is 39.8 Å². The molecule has 0 radical (unpaired) electrons. The summed E-state index contributed by atoms with van der Waals surface area (Å²) in [6.45, 7) is 9.69. The first-order valence-corrected chi connectivity index (χ1v) is 7.62. The van der Waals surface area contributed by atoms with Crippen LogP contribution in [0.3, 0.4) is 0 Å². The van der Waals surface area contributed by atoms with Gasteiger partial charge >= 0.3 is 0 Å². The topological polar surface area (TPSA) is 24.5 Å². The van der Waals surface area contributed by atoms with E-state index < -0.39 is 0 Å². The molecule has 3 nitrogen and oxygen atoms in total. The van der Waals surface area contributed by atoms with Gasteiger partial charge in [-0.3, -0.25) is 4.90 Å². The van der Waals surface area contributed by atoms with Crippen molar-refractivity contribution in [3.63, 3.8) is 0 Å². The van der Waals surface area contributed by atoms with Crippen LogP contribution in [0.4, 0.5) is 0 Å². The van der Waals surface area contributed by atoms with Crippen LogP contribution in [0.5, 0.6) is 0 Å². The fraction of sp³-hybridized carbons (Fsp3) is 0.647. The third-order valence-electron chi connectivity index (χ3n) is 3.92. The van der Waals surface area contributed by atoms with Crippen molar-refractivity contribution in [2.45, 2.75) is 44.9 Å². The number of nitrogens with zero attached hydrogens (tertiary/aromatic N) is 1. The number of morpholine rings is 1. The van der Waals surface area contributed by atoms with Gasteiger partial charge in [0.15, 0.2) is 0 Å². The Morgan fingerprint density at radius 3 is 2.65 bits per heavy atom. The summed E-state index contributed by atoms with van der Waals surface area (Å²) in [5.41, 5.74) is 1.34. The predicted octanol–water partition coefficient (Wildman–Crippen LogP) is 2.84. The van der Waals surface area contributed by atoms with Gasteiger partial charge in [-0.2, -0.15) is 0 Å². The molecule has 1 N–H and O–H groups in total. The highest BCUT2D eigenvalue weighted by Gasteiger charge is 2.31. The highest BCUT2D eigenvalue weighted by atomic mass is 16.5. The van der Waals surface area contributed by atoms with Gasteiger partial charge in [-0.25, -0.2) is 0 Å². The Bertz CT molecular complexity index is 405. The maximum absolute atomic E-state index is 5.96. The zero-order chi connectivity index (χ0) is 14.6. The molecule has 1 aromatic rings. The lowest BCUT2D eigenvalue weighted by atomic mass is 10.0. The maximum atomic E-state index is 5.96. The van der Waals surface area contributed by atoms with Crippen molar-refractivity contribution in [2.24, 2.45) is 0 Å². The van der Waals surface area contributed by atoms with Crippen molar-refractivity contribution in [2.75, 3.05) is 26.7 Å². The van der Waals surface area contributed by atoms with E-state index in [4.69, 9.17) is 4.74 Å². The van der Waals surface area contributed by atoms with E-state index in [0.717, 1.165) is 26.1 Å². The summed E-state index contributed by atoms with van der Waals surface area (Å²) in [5, 5.41) is 3.43. The maximum Gasteiger partial charge on any atom is 0.0757 e. The largest absolute Gasteiger partial charge is 0.370 e. The molecule has 0 aromatic heterocycles. The van der Waals surface area contributed by atoms with E-state index in [9.17, 15) is 0 Å². The average molecular weight is 276 g/mol. The molecule has 20 heavy (non-hydrogen) atoms. The average Bonchev–Trinajstić information content (AvgIpc) is 2.38. The van der Waals surface area contributed by atoms with Crippen molar-refractivity contribution in [1.29, 1.82) is 0 Å². The number of hydrogen-bond acceptors (Lipinski definition) is 3. The predicted molar refractivity (Wildman–Crippen MR) is 83.9 cm³/mol. The minimum atomic E-state index is -0.0282. The fourth-order valence-electron chi connectivity index (χ4n) is 3.23. The van der Waals surface area contributed by atoms with E-state index in [1.165, 1.54) is 5.56 Å². The Hall–Kier alpha value is -0.900. The lowest BCUT2D eigenvalue weighted by molar-refractivity contribution is -0.129. The van der Waals surface area contributed by atoms with Gasteiger partial charge in [0, 0.05) is 25.7 Å². The highest BCUT2D eigenvalue weighted by molar-refractivity contribution is 5.18. The molecule has 112 valence electrons. The Morgan fingerprint density at radius 1 is 1.35 bits per heavy atom. The van der Waals surface area contributed by atoms with Gasteiger partial charge in [-0.15, -0.1) is 0 Å². The summed E-state index contributed by atoms with van der Waals surface area (Å²) in [5.74, 6) is 0. The number of hydrogen-bond donors (Lipinski definition) is 1. The third-order valence-corrected chi connectivity index (χ3v) is 3.92. The number of benzene rings is 1. The number of nitrogens with one attached hydrogen (secondary N) is 1. The highest BCUT2D eigenvalue weighted by Crippen LogP contribution is 2.23. The minimum Gasteiger partial charge on any atom is -0.370 e. The molecule has 2 atom stereocenters. The van der Waals surface area contributed by atoms with Crippen LogP contribution in [0.2, 0.25) is 0 Å². The van der Waals surface area contributed by atoms with Crippen LogP contribution < -0.4 is 5.32 Å². The van der Waals surface area contributed by atoms with Gasteiger partial charge in [0.2, 0.25) is 0 Å². The number of ether oxygens (including phenoxy) is 1. The molecule has 1 aromatic carbocycles. The van der Waals surface area contributed by atoms with Crippen LogP contribution >= 0.6 is 0 Å². The van der Waals surface area contributed by atoms with Crippen LogP contribution in [0, 0.1) is 0 Å². The van der Waals surface area contributed by atoms with E-state index in [1.807, 2.05) is 7.05 Å². The Morgan fingerprint density at radius 2 is 2.05 bits per heavy atom. The summed E-state index contributed by atoms with van der Waals surface area (Å²) < 4.78 is 5.96. The molecular formula is C17H28N2O. The lowest BCUT2D eigenvalue weighted by Gasteiger charge is -2.42. The molecule has 1 fully saturated rings. The van der Waals surface area contributed by atoms with Crippen molar-refractivity contribution in [1.82, 2.24) is 10.2 Å². The van der Waals surface area contributed by atoms with Gasteiger partial charge < -0.3 is 10.1 Å². The van der Waals surface area contributed by atoms with E-state index >= 15 is 0 Å². The smallest absolute Gasteiger partial charge is 0.0757 e. The van der Waals surface area contributed by atoms with Gasteiger partial charge in [0.05, 0.1) is 11.7 Å². The van der Waals surface area contributed by atoms with Crippen LogP contribution in [0.25, 0.3) is 0 Å². The second-order valence-electron chi connectivity index (χ2n) is 6.46. The minimum absolute atomic E-state index is 0.0282. The lowest BCUT2D eigenvalue weighted by Crippen LogP contribution is -2.52. The Labute approximate surface area is 123 Å². The summed E-state index contributed by atoms with van der Waals surface area (Å²) in [4.78, 5) is 2.53. The third kappa shape index (κ3) is 4.30. The van der Waals surface area contributed by atoms with E-state index in [0.29, 0.717) is 12.1 Å². The van der Waals surface area contributed by atoms with Crippen molar-refractivity contribution < 1.29 is 4.74 Å². The fourth-order valence-corrected chi connectivity index (χ4v) is 3.23. The summed E-state index contributed by atoms with van der Waals surface area (Å²) >= 11 is 0. The molecule has 1 aliphatic heterocycles. The summed E-state index contributed by atoms with van der Waals surface area (Å²) in [6, 6.07) is 11.1. The molecule has 1 heterocycles. The molecule has 0 aliphatic carbocycles. The van der Waals surface area contributed by atoms with Crippen LogP contribution in [-0.2, 0) is 4.74 Å². The van der Waals surface area contributed by atoms with E-state index in [1.54, 1.807) is 0 Å². The molecular weight excluding hydrogens is 248 g/mol. The zero-order valence-corrected chi connectivity index (χ0v) is 13.2. The van der Waals surface area contributed by atoms with Crippen molar-refractivity contribution >= 4 is 0 Å². The second-order valence-corrected chi connectivity index (χ2v) is 6.46. The van der Waals surface area contributed by atoms with Crippen molar-refractivity contribution in [3.05, 3.63) is 35.9 Å². The van der Waals surface area contributed by atoms with Crippen LogP contribution in [-0.4, -0.2) is 43.3 Å². The normalized spacial score (nSPS) is 24.5. The SMILES string of the molecule is CNC(CCN1CC(C)OC(C)(C)C1)c1ccccc1. The first-order valence-electron chi connectivity index (χ1n) is 7.62. The molecule has 2 rings (SSSR count). The standard InChI is InChI=1S/C17H28N2O/c1-14-12-19(13-17(2,3)20-14)11-10-16(18-4)15-8-6-5-7-9-15/h5-9,14,16,18H,10-13H2,1-4H3. The molecule has 1 aliphatic rings. The molecule has 3 heteroatoms. The quantitative estimate of drug-likeness (QED) is 0.895. The van der Waals surface area contributed by atoms with E-state index in [-0.39, 0.29) is 5.60 Å². The van der Waals surface area contributed by atoms with Gasteiger partial charge in [0.1, 0.15) is 0 Å². The van der Waals surface area contributed by atoms with Gasteiger partial charge in [-0.1, -0.05) is 30.3 Å². The van der Waals surface area contributed by atoms with Gasteiger partial charge in [0.25, 0.3) is 0 Å². The Balaban J connectivity index is 1.90. The zero-order valence-electron chi connectivity index (χ0n) is 13.2. The second kappa shape index (κ2) is 6.70. The van der Waals surface area contributed by atoms with E-state index in [2.05, 4.69) is 61.3 Å².